The third-order valence-electron chi connectivity index (χ3n) is 3.90. The number of carbonyl (C=O) groups is 1. The third kappa shape index (κ3) is 4.75. The number of amides is 1. The van der Waals surface area contributed by atoms with E-state index in [1.165, 1.54) is 11.1 Å². The van der Waals surface area contributed by atoms with Crippen LogP contribution in [0.1, 0.15) is 24.5 Å². The Morgan fingerprint density at radius 3 is 2.05 bits per heavy atom. The van der Waals surface area contributed by atoms with Gasteiger partial charge in [-0.15, -0.1) is 0 Å². The minimum absolute atomic E-state index is 0.210. The maximum Gasteiger partial charge on any atom is 0.222 e. The lowest BCUT2D eigenvalue weighted by Crippen LogP contribution is -2.36. The summed E-state index contributed by atoms with van der Waals surface area (Å²) in [5.74, 6) is 0.210. The second-order valence-corrected chi connectivity index (χ2v) is 5.53. The van der Waals surface area contributed by atoms with E-state index in [-0.39, 0.29) is 11.9 Å². The van der Waals surface area contributed by atoms with Gasteiger partial charge in [-0.3, -0.25) is 4.79 Å². The van der Waals surface area contributed by atoms with Crippen molar-refractivity contribution >= 4 is 5.91 Å². The van der Waals surface area contributed by atoms with E-state index < -0.39 is 0 Å². The first-order chi connectivity index (χ1) is 10.2. The highest BCUT2D eigenvalue weighted by atomic mass is 16.2. The van der Waals surface area contributed by atoms with Crippen LogP contribution in [0.25, 0.3) is 0 Å². The van der Waals surface area contributed by atoms with Crippen LogP contribution in [0.2, 0.25) is 0 Å². The van der Waals surface area contributed by atoms with E-state index >= 15 is 0 Å². The normalized spacial score (nSPS) is 11.9. The van der Waals surface area contributed by atoms with Crippen LogP contribution in [0.5, 0.6) is 0 Å². The molecule has 1 atom stereocenters. The SMILES string of the molecule is C[C@@H](Cc1ccccc1)N(C)C(=O)CCc1ccccc1. The summed E-state index contributed by atoms with van der Waals surface area (Å²) in [4.78, 5) is 14.1. The lowest BCUT2D eigenvalue weighted by Gasteiger charge is -2.25. The lowest BCUT2D eigenvalue weighted by molar-refractivity contribution is -0.131. The molecule has 2 nitrogen and oxygen atoms in total. The van der Waals surface area contributed by atoms with E-state index in [0.717, 1.165) is 12.8 Å². The van der Waals surface area contributed by atoms with Crippen molar-refractivity contribution < 1.29 is 4.79 Å². The first kappa shape index (κ1) is 15.3. The quantitative estimate of drug-likeness (QED) is 0.790. The number of rotatable bonds is 6. The molecule has 0 aliphatic heterocycles. The summed E-state index contributed by atoms with van der Waals surface area (Å²) < 4.78 is 0. The predicted octanol–water partition coefficient (Wildman–Crippen LogP) is 3.71. The maximum atomic E-state index is 12.3. The Labute approximate surface area is 127 Å². The number of hydrogen-bond acceptors (Lipinski definition) is 1. The Kier molecular flexibility index (Phi) is 5.56. The van der Waals surface area contributed by atoms with E-state index in [1.807, 2.05) is 48.3 Å². The summed E-state index contributed by atoms with van der Waals surface area (Å²) in [6, 6.07) is 20.7. The molecule has 0 spiro atoms. The molecule has 21 heavy (non-hydrogen) atoms. The van der Waals surface area contributed by atoms with Gasteiger partial charge in [0.2, 0.25) is 5.91 Å². The summed E-state index contributed by atoms with van der Waals surface area (Å²) in [6.45, 7) is 2.10. The molecule has 0 fully saturated rings. The summed E-state index contributed by atoms with van der Waals surface area (Å²) in [6.07, 6.45) is 2.27. The zero-order chi connectivity index (χ0) is 15.1. The predicted molar refractivity (Wildman–Crippen MR) is 87.1 cm³/mol. The Balaban J connectivity index is 1.84. The molecule has 0 aliphatic rings. The Bertz CT molecular complexity index is 550. The molecular weight excluding hydrogens is 258 g/mol. The second-order valence-electron chi connectivity index (χ2n) is 5.53. The van der Waals surface area contributed by atoms with Crippen LogP contribution in [-0.4, -0.2) is 23.9 Å². The van der Waals surface area contributed by atoms with Crippen molar-refractivity contribution in [3.8, 4) is 0 Å². The molecule has 110 valence electrons. The Morgan fingerprint density at radius 2 is 1.48 bits per heavy atom. The molecule has 0 aromatic heterocycles. The third-order valence-corrected chi connectivity index (χ3v) is 3.90. The van der Waals surface area contributed by atoms with Gasteiger partial charge in [-0.2, -0.15) is 0 Å². The fraction of sp³-hybridized carbons (Fsp3) is 0.316. The van der Waals surface area contributed by atoms with Gasteiger partial charge in [0.25, 0.3) is 0 Å². The number of nitrogens with zero attached hydrogens (tertiary/aromatic N) is 1. The first-order valence-corrected chi connectivity index (χ1v) is 7.50. The topological polar surface area (TPSA) is 20.3 Å². The van der Waals surface area contributed by atoms with Crippen LogP contribution in [0, 0.1) is 0 Å². The van der Waals surface area contributed by atoms with Crippen LogP contribution in [0.4, 0.5) is 0 Å². The van der Waals surface area contributed by atoms with Crippen LogP contribution in [0.3, 0.4) is 0 Å². The number of carbonyl (C=O) groups excluding carboxylic acids is 1. The molecule has 2 aromatic carbocycles. The molecule has 0 saturated carbocycles. The number of benzene rings is 2. The van der Waals surface area contributed by atoms with Gasteiger partial charge >= 0.3 is 0 Å². The van der Waals surface area contributed by atoms with Crippen molar-refractivity contribution in [3.05, 3.63) is 71.8 Å². The maximum absolute atomic E-state index is 12.3. The van der Waals surface area contributed by atoms with Crippen LogP contribution in [0.15, 0.2) is 60.7 Å². The highest BCUT2D eigenvalue weighted by Gasteiger charge is 2.15. The van der Waals surface area contributed by atoms with Gasteiger partial charge < -0.3 is 4.90 Å². The number of likely N-dealkylation sites (N-methyl/N-ethyl adjacent to an activating group) is 1. The number of aryl methyl sites for hydroxylation is 1. The molecule has 1 amide bonds. The summed E-state index contributed by atoms with van der Waals surface area (Å²) >= 11 is 0. The molecule has 0 saturated heterocycles. The molecular formula is C19H23NO. The van der Waals surface area contributed by atoms with Crippen molar-refractivity contribution in [1.82, 2.24) is 4.90 Å². The van der Waals surface area contributed by atoms with Gasteiger partial charge in [0, 0.05) is 19.5 Å². The highest BCUT2D eigenvalue weighted by molar-refractivity contribution is 5.76. The van der Waals surface area contributed by atoms with Crippen molar-refractivity contribution in [3.63, 3.8) is 0 Å². The zero-order valence-electron chi connectivity index (χ0n) is 12.8. The molecule has 2 heteroatoms. The summed E-state index contributed by atoms with van der Waals surface area (Å²) in [5, 5.41) is 0. The average molecular weight is 281 g/mol. The molecule has 2 aromatic rings. The van der Waals surface area contributed by atoms with Gasteiger partial charge in [0.1, 0.15) is 0 Å². The average Bonchev–Trinajstić information content (AvgIpc) is 2.53. The molecule has 0 unspecified atom stereocenters. The summed E-state index contributed by atoms with van der Waals surface area (Å²) in [7, 11) is 1.90. The summed E-state index contributed by atoms with van der Waals surface area (Å²) in [5.41, 5.74) is 2.49. The van der Waals surface area contributed by atoms with Gasteiger partial charge in [-0.05, 0) is 30.9 Å². The van der Waals surface area contributed by atoms with E-state index in [1.54, 1.807) is 0 Å². The molecule has 0 heterocycles. The largest absolute Gasteiger partial charge is 0.343 e. The molecule has 0 radical (unpaired) electrons. The van der Waals surface area contributed by atoms with Gasteiger partial charge in [0.15, 0.2) is 0 Å². The first-order valence-electron chi connectivity index (χ1n) is 7.50. The minimum Gasteiger partial charge on any atom is -0.343 e. The second kappa shape index (κ2) is 7.63. The highest BCUT2D eigenvalue weighted by Crippen LogP contribution is 2.10. The Hall–Kier alpha value is -2.09. The van der Waals surface area contributed by atoms with E-state index in [4.69, 9.17) is 0 Å². The van der Waals surface area contributed by atoms with E-state index in [9.17, 15) is 4.79 Å². The fourth-order valence-corrected chi connectivity index (χ4v) is 2.41. The van der Waals surface area contributed by atoms with E-state index in [0.29, 0.717) is 6.42 Å². The molecule has 0 bridgehead atoms. The van der Waals surface area contributed by atoms with Crippen LogP contribution in [-0.2, 0) is 17.6 Å². The van der Waals surface area contributed by atoms with Gasteiger partial charge in [-0.25, -0.2) is 0 Å². The van der Waals surface area contributed by atoms with Crippen molar-refractivity contribution in [1.29, 1.82) is 0 Å². The lowest BCUT2D eigenvalue weighted by atomic mass is 10.1. The molecule has 0 N–H and O–H groups in total. The Morgan fingerprint density at radius 1 is 0.952 bits per heavy atom. The van der Waals surface area contributed by atoms with Crippen LogP contribution >= 0.6 is 0 Å². The van der Waals surface area contributed by atoms with E-state index in [2.05, 4.69) is 31.2 Å². The molecule has 2 rings (SSSR count). The zero-order valence-corrected chi connectivity index (χ0v) is 12.8. The van der Waals surface area contributed by atoms with Crippen LogP contribution < -0.4 is 0 Å². The van der Waals surface area contributed by atoms with Gasteiger partial charge in [0.05, 0.1) is 0 Å². The standard InChI is InChI=1S/C19H23NO/c1-16(15-18-11-7-4-8-12-18)20(2)19(21)14-13-17-9-5-3-6-10-17/h3-12,16H,13-15H2,1-2H3/t16-/m0/s1. The van der Waals surface area contributed by atoms with Crippen molar-refractivity contribution in [2.24, 2.45) is 0 Å². The monoisotopic (exact) mass is 281 g/mol. The number of hydrogen-bond donors (Lipinski definition) is 0. The fourth-order valence-electron chi connectivity index (χ4n) is 2.41. The van der Waals surface area contributed by atoms with Gasteiger partial charge in [-0.1, -0.05) is 60.7 Å². The van der Waals surface area contributed by atoms with Crippen molar-refractivity contribution in [2.75, 3.05) is 7.05 Å². The smallest absolute Gasteiger partial charge is 0.222 e. The minimum atomic E-state index is 0.210. The molecule has 0 aliphatic carbocycles. The van der Waals surface area contributed by atoms with Crippen molar-refractivity contribution in [2.45, 2.75) is 32.2 Å².